The van der Waals surface area contributed by atoms with Crippen LogP contribution in [0, 0.1) is 0 Å². The topological polar surface area (TPSA) is 80.9 Å². The summed E-state index contributed by atoms with van der Waals surface area (Å²) in [6.45, 7) is 0.450. The van der Waals surface area contributed by atoms with Crippen molar-refractivity contribution in [2.24, 2.45) is 0 Å². The van der Waals surface area contributed by atoms with Crippen molar-refractivity contribution in [1.82, 2.24) is 20.5 Å². The fourth-order valence-corrected chi connectivity index (χ4v) is 2.38. The molecular formula is C14H12N4O2S. The van der Waals surface area contributed by atoms with Gasteiger partial charge in [-0.05, 0) is 23.6 Å². The van der Waals surface area contributed by atoms with Crippen molar-refractivity contribution < 1.29 is 9.21 Å². The van der Waals surface area contributed by atoms with Crippen molar-refractivity contribution in [1.29, 1.82) is 0 Å². The Morgan fingerprint density at radius 2 is 2.24 bits per heavy atom. The van der Waals surface area contributed by atoms with Gasteiger partial charge in [0.1, 0.15) is 0 Å². The van der Waals surface area contributed by atoms with Crippen molar-refractivity contribution in [2.75, 3.05) is 6.54 Å². The smallest absolute Gasteiger partial charge is 0.261 e. The molecule has 21 heavy (non-hydrogen) atoms. The Labute approximate surface area is 124 Å². The first kappa shape index (κ1) is 13.4. The average Bonchev–Trinajstić information content (AvgIpc) is 3.20. The van der Waals surface area contributed by atoms with Gasteiger partial charge >= 0.3 is 0 Å². The Morgan fingerprint density at radius 1 is 1.29 bits per heavy atom. The SMILES string of the molecule is O=C(NCCc1nnc(-c2cccnc2)o1)c1cccs1. The monoisotopic (exact) mass is 300 g/mol. The van der Waals surface area contributed by atoms with E-state index in [9.17, 15) is 4.79 Å². The van der Waals surface area contributed by atoms with Gasteiger partial charge < -0.3 is 9.73 Å². The van der Waals surface area contributed by atoms with Gasteiger partial charge in [0.15, 0.2) is 0 Å². The number of amides is 1. The highest BCUT2D eigenvalue weighted by Gasteiger charge is 2.10. The van der Waals surface area contributed by atoms with Crippen LogP contribution >= 0.6 is 11.3 Å². The molecule has 0 saturated carbocycles. The van der Waals surface area contributed by atoms with E-state index >= 15 is 0 Å². The molecule has 0 unspecified atom stereocenters. The maximum absolute atomic E-state index is 11.7. The highest BCUT2D eigenvalue weighted by atomic mass is 32.1. The standard InChI is InChI=1S/C14H12N4O2S/c19-13(11-4-2-8-21-11)16-7-5-12-17-18-14(20-12)10-3-1-6-15-9-10/h1-4,6,8-9H,5,7H2,(H,16,19). The van der Waals surface area contributed by atoms with Crippen LogP contribution in [0.2, 0.25) is 0 Å². The summed E-state index contributed by atoms with van der Waals surface area (Å²) in [5.74, 6) is 0.833. The predicted octanol–water partition coefficient (Wildman–Crippen LogP) is 2.17. The van der Waals surface area contributed by atoms with E-state index in [0.29, 0.717) is 29.6 Å². The molecule has 0 aliphatic heterocycles. The van der Waals surface area contributed by atoms with E-state index in [1.807, 2.05) is 17.5 Å². The van der Waals surface area contributed by atoms with Gasteiger partial charge in [-0.15, -0.1) is 21.5 Å². The van der Waals surface area contributed by atoms with Crippen molar-refractivity contribution in [3.05, 3.63) is 52.8 Å². The van der Waals surface area contributed by atoms with Gasteiger partial charge in [0.2, 0.25) is 11.8 Å². The number of rotatable bonds is 5. The first-order valence-corrected chi connectivity index (χ1v) is 7.25. The third-order valence-corrected chi connectivity index (χ3v) is 3.61. The summed E-state index contributed by atoms with van der Waals surface area (Å²) in [7, 11) is 0. The Bertz CT molecular complexity index is 710. The Balaban J connectivity index is 1.55. The number of carbonyl (C=O) groups excluding carboxylic acids is 1. The summed E-state index contributed by atoms with van der Waals surface area (Å²) >= 11 is 1.41. The highest BCUT2D eigenvalue weighted by Crippen LogP contribution is 2.15. The van der Waals surface area contributed by atoms with Crippen LogP contribution in [0.15, 0.2) is 46.5 Å². The summed E-state index contributed by atoms with van der Waals surface area (Å²) in [6, 6.07) is 7.29. The number of carbonyl (C=O) groups is 1. The zero-order valence-corrected chi connectivity index (χ0v) is 11.8. The molecule has 0 fully saturated rings. The molecule has 106 valence electrons. The van der Waals surface area contributed by atoms with Gasteiger partial charge in [-0.1, -0.05) is 6.07 Å². The summed E-state index contributed by atoms with van der Waals surface area (Å²) in [5.41, 5.74) is 0.777. The molecule has 0 spiro atoms. The molecule has 3 aromatic heterocycles. The number of pyridine rings is 1. The lowest BCUT2D eigenvalue weighted by atomic mass is 10.3. The Kier molecular flexibility index (Phi) is 4.02. The molecule has 1 amide bonds. The van der Waals surface area contributed by atoms with Gasteiger partial charge in [-0.2, -0.15) is 0 Å². The van der Waals surface area contributed by atoms with E-state index in [4.69, 9.17) is 4.42 Å². The lowest BCUT2D eigenvalue weighted by molar-refractivity contribution is 0.0957. The van der Waals surface area contributed by atoms with E-state index in [-0.39, 0.29) is 5.91 Å². The molecule has 3 aromatic rings. The first-order chi connectivity index (χ1) is 10.3. The fraction of sp³-hybridized carbons (Fsp3) is 0.143. The zero-order valence-electron chi connectivity index (χ0n) is 11.0. The zero-order chi connectivity index (χ0) is 14.5. The summed E-state index contributed by atoms with van der Waals surface area (Å²) in [5, 5.41) is 12.6. The van der Waals surface area contributed by atoms with Crippen molar-refractivity contribution in [3.63, 3.8) is 0 Å². The summed E-state index contributed by atoms with van der Waals surface area (Å²) in [6.07, 6.45) is 3.83. The molecule has 0 aliphatic carbocycles. The van der Waals surface area contributed by atoms with Crippen molar-refractivity contribution in [3.8, 4) is 11.5 Å². The molecule has 1 N–H and O–H groups in total. The van der Waals surface area contributed by atoms with Crippen molar-refractivity contribution in [2.45, 2.75) is 6.42 Å². The van der Waals surface area contributed by atoms with Crippen LogP contribution < -0.4 is 5.32 Å². The quantitative estimate of drug-likeness (QED) is 0.781. The van der Waals surface area contributed by atoms with Crippen LogP contribution in [0.4, 0.5) is 0 Å². The van der Waals surface area contributed by atoms with Crippen LogP contribution in [-0.2, 0) is 6.42 Å². The van der Waals surface area contributed by atoms with E-state index in [0.717, 1.165) is 5.56 Å². The second kappa shape index (κ2) is 6.27. The number of nitrogens with one attached hydrogen (secondary N) is 1. The van der Waals surface area contributed by atoms with E-state index in [1.54, 1.807) is 24.5 Å². The second-order valence-electron chi connectivity index (χ2n) is 4.23. The van der Waals surface area contributed by atoms with Gasteiger partial charge in [0.25, 0.3) is 5.91 Å². The van der Waals surface area contributed by atoms with Crippen molar-refractivity contribution >= 4 is 17.2 Å². The number of thiophene rings is 1. The molecule has 0 radical (unpaired) electrons. The van der Waals surface area contributed by atoms with Gasteiger partial charge in [0, 0.05) is 25.4 Å². The normalized spacial score (nSPS) is 10.5. The molecule has 0 aromatic carbocycles. The summed E-state index contributed by atoms with van der Waals surface area (Å²) in [4.78, 5) is 16.4. The summed E-state index contributed by atoms with van der Waals surface area (Å²) < 4.78 is 5.53. The van der Waals surface area contributed by atoms with Gasteiger partial charge in [-0.25, -0.2) is 0 Å². The maximum Gasteiger partial charge on any atom is 0.261 e. The van der Waals surface area contributed by atoms with Crippen LogP contribution in [-0.4, -0.2) is 27.6 Å². The fourth-order valence-electron chi connectivity index (χ4n) is 1.74. The van der Waals surface area contributed by atoms with Crippen LogP contribution in [0.3, 0.4) is 0 Å². The Morgan fingerprint density at radius 3 is 3.00 bits per heavy atom. The molecular weight excluding hydrogens is 288 g/mol. The van der Waals surface area contributed by atoms with E-state index in [1.165, 1.54) is 11.3 Å². The average molecular weight is 300 g/mol. The van der Waals surface area contributed by atoms with Crippen LogP contribution in [0.1, 0.15) is 15.6 Å². The minimum atomic E-state index is -0.0861. The second-order valence-corrected chi connectivity index (χ2v) is 5.17. The third kappa shape index (κ3) is 3.32. The highest BCUT2D eigenvalue weighted by molar-refractivity contribution is 7.12. The maximum atomic E-state index is 11.7. The molecule has 3 heterocycles. The molecule has 0 aliphatic rings. The third-order valence-electron chi connectivity index (χ3n) is 2.74. The number of hydrogen-bond acceptors (Lipinski definition) is 6. The number of hydrogen-bond donors (Lipinski definition) is 1. The van der Waals surface area contributed by atoms with Gasteiger partial charge in [0.05, 0.1) is 10.4 Å². The molecule has 0 saturated heterocycles. The minimum Gasteiger partial charge on any atom is -0.421 e. The molecule has 6 nitrogen and oxygen atoms in total. The van der Waals surface area contributed by atoms with E-state index < -0.39 is 0 Å². The molecule has 7 heteroatoms. The molecule has 0 bridgehead atoms. The number of nitrogens with zero attached hydrogens (tertiary/aromatic N) is 3. The lowest BCUT2D eigenvalue weighted by Crippen LogP contribution is -2.24. The Hall–Kier alpha value is -2.54. The lowest BCUT2D eigenvalue weighted by Gasteiger charge is -2.00. The largest absolute Gasteiger partial charge is 0.421 e. The van der Waals surface area contributed by atoms with Gasteiger partial charge in [-0.3, -0.25) is 9.78 Å². The number of aromatic nitrogens is 3. The van der Waals surface area contributed by atoms with Crippen LogP contribution in [0.25, 0.3) is 11.5 Å². The van der Waals surface area contributed by atoms with E-state index in [2.05, 4.69) is 20.5 Å². The minimum absolute atomic E-state index is 0.0861. The molecule has 0 atom stereocenters. The molecule has 3 rings (SSSR count). The van der Waals surface area contributed by atoms with Crippen LogP contribution in [0.5, 0.6) is 0 Å². The predicted molar refractivity (Wildman–Crippen MR) is 77.9 cm³/mol. The first-order valence-electron chi connectivity index (χ1n) is 6.37.